The summed E-state index contributed by atoms with van der Waals surface area (Å²) in [5.74, 6) is 0.912. The monoisotopic (exact) mass is 242 g/mol. The van der Waals surface area contributed by atoms with Gasteiger partial charge in [-0.25, -0.2) is 0 Å². The predicted molar refractivity (Wildman–Crippen MR) is 68.8 cm³/mol. The summed E-state index contributed by atoms with van der Waals surface area (Å²) in [6, 6.07) is 7.26. The minimum Gasteiger partial charge on any atom is -0.397 e. The van der Waals surface area contributed by atoms with Crippen molar-refractivity contribution in [3.63, 3.8) is 0 Å². The lowest BCUT2D eigenvalue weighted by molar-refractivity contribution is 0.788. The summed E-state index contributed by atoms with van der Waals surface area (Å²) in [5.41, 5.74) is 7.81. The first-order valence-corrected chi connectivity index (χ1v) is 5.57. The third kappa shape index (κ3) is 2.58. The first kappa shape index (κ1) is 11.9. The van der Waals surface area contributed by atoms with Crippen LogP contribution in [0.25, 0.3) is 0 Å². The molecule has 0 radical (unpaired) electrons. The summed E-state index contributed by atoms with van der Waals surface area (Å²) >= 11 is 0. The van der Waals surface area contributed by atoms with Gasteiger partial charge >= 0.3 is 0 Å². The Labute approximate surface area is 105 Å². The van der Waals surface area contributed by atoms with Gasteiger partial charge in [-0.2, -0.15) is 5.26 Å². The van der Waals surface area contributed by atoms with E-state index in [9.17, 15) is 0 Å². The van der Waals surface area contributed by atoms with Crippen molar-refractivity contribution in [1.82, 2.24) is 14.8 Å². The Morgan fingerprint density at radius 1 is 1.50 bits per heavy atom. The van der Waals surface area contributed by atoms with Gasteiger partial charge in [0.05, 0.1) is 23.0 Å². The van der Waals surface area contributed by atoms with Crippen molar-refractivity contribution in [2.45, 2.75) is 6.42 Å². The summed E-state index contributed by atoms with van der Waals surface area (Å²) in [5, 5.41) is 19.8. The molecule has 0 spiro atoms. The quantitative estimate of drug-likeness (QED) is 0.778. The second-order valence-electron chi connectivity index (χ2n) is 3.95. The highest BCUT2D eigenvalue weighted by Gasteiger charge is 2.02. The maximum Gasteiger partial charge on any atom is 0.134 e. The average molecular weight is 242 g/mol. The van der Waals surface area contributed by atoms with Crippen molar-refractivity contribution < 1.29 is 0 Å². The van der Waals surface area contributed by atoms with Gasteiger partial charge in [0.2, 0.25) is 0 Å². The van der Waals surface area contributed by atoms with Crippen molar-refractivity contribution in [2.24, 2.45) is 7.05 Å². The highest BCUT2D eigenvalue weighted by atomic mass is 15.2. The van der Waals surface area contributed by atoms with Crippen LogP contribution in [0.2, 0.25) is 0 Å². The molecule has 2 aromatic rings. The molecule has 92 valence electrons. The van der Waals surface area contributed by atoms with E-state index in [0.717, 1.165) is 17.9 Å². The smallest absolute Gasteiger partial charge is 0.134 e. The van der Waals surface area contributed by atoms with Gasteiger partial charge in [-0.1, -0.05) is 0 Å². The van der Waals surface area contributed by atoms with Crippen LogP contribution < -0.4 is 11.1 Å². The third-order valence-corrected chi connectivity index (χ3v) is 2.65. The molecule has 0 aliphatic carbocycles. The molecule has 0 saturated carbocycles. The van der Waals surface area contributed by atoms with E-state index in [1.165, 1.54) is 0 Å². The van der Waals surface area contributed by atoms with Gasteiger partial charge in [0, 0.05) is 20.0 Å². The third-order valence-electron chi connectivity index (χ3n) is 2.65. The molecule has 0 atom stereocenters. The van der Waals surface area contributed by atoms with Crippen LogP contribution in [0, 0.1) is 11.3 Å². The molecule has 6 heteroatoms. The Morgan fingerprint density at radius 3 is 2.94 bits per heavy atom. The zero-order valence-corrected chi connectivity index (χ0v) is 10.1. The van der Waals surface area contributed by atoms with Crippen LogP contribution in [0.1, 0.15) is 11.4 Å². The largest absolute Gasteiger partial charge is 0.397 e. The lowest BCUT2D eigenvalue weighted by Crippen LogP contribution is -2.09. The molecule has 0 fully saturated rings. The molecular formula is C12H14N6. The zero-order valence-electron chi connectivity index (χ0n) is 10.1. The molecule has 1 aromatic heterocycles. The number of benzene rings is 1. The molecule has 0 aliphatic rings. The van der Waals surface area contributed by atoms with E-state index in [0.29, 0.717) is 17.8 Å². The number of nitrogens with two attached hydrogens (primary N) is 1. The molecule has 2 rings (SSSR count). The van der Waals surface area contributed by atoms with Crippen LogP contribution in [0.4, 0.5) is 11.4 Å². The minimum atomic E-state index is 0.561. The predicted octanol–water partition coefficient (Wildman–Crippen LogP) is 0.924. The van der Waals surface area contributed by atoms with Gasteiger partial charge < -0.3 is 15.6 Å². The Bertz CT molecular complexity index is 580. The van der Waals surface area contributed by atoms with Gasteiger partial charge in [-0.3, -0.25) is 0 Å². The zero-order chi connectivity index (χ0) is 13.0. The van der Waals surface area contributed by atoms with Crippen LogP contribution in [0.5, 0.6) is 0 Å². The average Bonchev–Trinajstić information content (AvgIpc) is 2.77. The van der Waals surface area contributed by atoms with Crippen molar-refractivity contribution in [2.75, 3.05) is 17.6 Å². The van der Waals surface area contributed by atoms with E-state index in [2.05, 4.69) is 21.6 Å². The second-order valence-corrected chi connectivity index (χ2v) is 3.95. The van der Waals surface area contributed by atoms with Gasteiger partial charge in [0.25, 0.3) is 0 Å². The Kier molecular flexibility index (Phi) is 3.44. The fraction of sp³-hybridized carbons (Fsp3) is 0.250. The van der Waals surface area contributed by atoms with E-state index in [1.54, 1.807) is 18.5 Å². The summed E-state index contributed by atoms with van der Waals surface area (Å²) in [4.78, 5) is 0. The topological polar surface area (TPSA) is 92.5 Å². The van der Waals surface area contributed by atoms with E-state index >= 15 is 0 Å². The normalized spacial score (nSPS) is 10.0. The lowest BCUT2D eigenvalue weighted by Gasteiger charge is -2.09. The van der Waals surface area contributed by atoms with Gasteiger partial charge in [0.15, 0.2) is 0 Å². The second kappa shape index (κ2) is 5.19. The van der Waals surface area contributed by atoms with Crippen LogP contribution in [-0.4, -0.2) is 21.3 Å². The van der Waals surface area contributed by atoms with Gasteiger partial charge in [-0.05, 0) is 18.2 Å². The molecule has 0 unspecified atom stereocenters. The van der Waals surface area contributed by atoms with Crippen molar-refractivity contribution in [3.05, 3.63) is 35.9 Å². The molecule has 0 saturated heterocycles. The first-order chi connectivity index (χ1) is 8.70. The molecule has 1 aromatic carbocycles. The molecular weight excluding hydrogens is 228 g/mol. The first-order valence-electron chi connectivity index (χ1n) is 5.57. The number of aryl methyl sites for hydroxylation is 1. The number of anilines is 2. The van der Waals surface area contributed by atoms with Crippen molar-refractivity contribution in [3.8, 4) is 6.07 Å². The Hall–Kier alpha value is -2.55. The van der Waals surface area contributed by atoms with E-state index < -0.39 is 0 Å². The highest BCUT2D eigenvalue weighted by molar-refractivity contribution is 5.68. The van der Waals surface area contributed by atoms with Crippen LogP contribution in [-0.2, 0) is 13.5 Å². The summed E-state index contributed by atoms with van der Waals surface area (Å²) in [6.07, 6.45) is 2.43. The van der Waals surface area contributed by atoms with Crippen LogP contribution in [0.3, 0.4) is 0 Å². The number of hydrogen-bond donors (Lipinski definition) is 2. The Morgan fingerprint density at radius 2 is 2.33 bits per heavy atom. The summed E-state index contributed by atoms with van der Waals surface area (Å²) < 4.78 is 1.88. The summed E-state index contributed by atoms with van der Waals surface area (Å²) in [7, 11) is 1.91. The van der Waals surface area contributed by atoms with Crippen molar-refractivity contribution >= 4 is 11.4 Å². The summed E-state index contributed by atoms with van der Waals surface area (Å²) in [6.45, 7) is 0.711. The molecule has 6 nitrogen and oxygen atoms in total. The highest BCUT2D eigenvalue weighted by Crippen LogP contribution is 2.19. The van der Waals surface area contributed by atoms with E-state index in [4.69, 9.17) is 11.0 Å². The standard InChI is InChI=1S/C12H14N6/c1-18-8-16-17-12(18)4-5-15-11-3-2-9(7-13)6-10(11)14/h2-3,6,8,15H,4-5,14H2,1H3. The maximum absolute atomic E-state index is 8.74. The fourth-order valence-corrected chi connectivity index (χ4v) is 1.64. The molecule has 0 bridgehead atoms. The number of nitriles is 1. The van der Waals surface area contributed by atoms with Crippen LogP contribution in [0.15, 0.2) is 24.5 Å². The molecule has 0 amide bonds. The number of nitrogens with one attached hydrogen (secondary N) is 1. The number of nitrogens with zero attached hydrogens (tertiary/aromatic N) is 4. The number of nitrogen functional groups attached to an aromatic ring is 1. The molecule has 3 N–H and O–H groups in total. The SMILES string of the molecule is Cn1cnnc1CCNc1ccc(C#N)cc1N. The molecule has 1 heterocycles. The molecule has 0 aliphatic heterocycles. The van der Waals surface area contributed by atoms with E-state index in [-0.39, 0.29) is 0 Å². The number of rotatable bonds is 4. The Balaban J connectivity index is 1.95. The van der Waals surface area contributed by atoms with Gasteiger partial charge in [0.1, 0.15) is 12.2 Å². The fourth-order valence-electron chi connectivity index (χ4n) is 1.64. The number of aromatic nitrogens is 3. The molecule has 18 heavy (non-hydrogen) atoms. The maximum atomic E-state index is 8.74. The lowest BCUT2D eigenvalue weighted by atomic mass is 10.2. The van der Waals surface area contributed by atoms with Gasteiger partial charge in [-0.15, -0.1) is 10.2 Å². The van der Waals surface area contributed by atoms with Crippen molar-refractivity contribution in [1.29, 1.82) is 5.26 Å². The van der Waals surface area contributed by atoms with Crippen LogP contribution >= 0.6 is 0 Å². The van der Waals surface area contributed by atoms with E-state index in [1.807, 2.05) is 17.7 Å². The minimum absolute atomic E-state index is 0.561. The number of hydrogen-bond acceptors (Lipinski definition) is 5.